The molecule has 1 aliphatic carbocycles. The predicted molar refractivity (Wildman–Crippen MR) is 135 cm³/mol. The minimum atomic E-state index is -0.468. The number of aryl methyl sites for hydroxylation is 2. The minimum absolute atomic E-state index is 0.0429. The number of aromatic nitrogens is 1. The first kappa shape index (κ1) is 22.6. The van der Waals surface area contributed by atoms with Gasteiger partial charge in [0.2, 0.25) is 5.43 Å². The van der Waals surface area contributed by atoms with Gasteiger partial charge in [0.05, 0.1) is 11.2 Å². The van der Waals surface area contributed by atoms with E-state index in [0.717, 1.165) is 56.7 Å². The smallest absolute Gasteiger partial charge is 0.261 e. The van der Waals surface area contributed by atoms with Gasteiger partial charge in [-0.3, -0.25) is 9.59 Å². The van der Waals surface area contributed by atoms with Gasteiger partial charge in [0.25, 0.3) is 5.91 Å². The van der Waals surface area contributed by atoms with Crippen LogP contribution in [0.2, 0.25) is 0 Å². The highest BCUT2D eigenvalue weighted by Gasteiger charge is 2.28. The van der Waals surface area contributed by atoms with E-state index >= 15 is 4.39 Å². The highest BCUT2D eigenvalue weighted by atomic mass is 19.1. The van der Waals surface area contributed by atoms with Crippen LogP contribution in [0.1, 0.15) is 47.3 Å². The molecule has 0 atom stereocenters. The summed E-state index contributed by atoms with van der Waals surface area (Å²) in [6, 6.07) is 9.00. The normalized spacial score (nSPS) is 16.8. The molecule has 2 heterocycles. The minimum Gasteiger partial charge on any atom is -0.367 e. The number of rotatable bonds is 5. The number of nitrogens with zero attached hydrogens (tertiary/aromatic N) is 3. The third-order valence-electron chi connectivity index (χ3n) is 7.21. The van der Waals surface area contributed by atoms with Crippen molar-refractivity contribution in [3.05, 3.63) is 69.3 Å². The fourth-order valence-electron chi connectivity index (χ4n) is 4.74. The van der Waals surface area contributed by atoms with E-state index in [1.807, 2.05) is 36.6 Å². The molecule has 1 saturated carbocycles. The van der Waals surface area contributed by atoms with Crippen LogP contribution in [0.15, 0.2) is 41.3 Å². The lowest BCUT2D eigenvalue weighted by molar-refractivity contribution is 0.102. The fourth-order valence-corrected chi connectivity index (χ4v) is 4.74. The number of pyridine rings is 1. The molecule has 34 heavy (non-hydrogen) atoms. The number of likely N-dealkylation sites (N-methyl/N-ethyl adjacent to an activating group) is 1. The summed E-state index contributed by atoms with van der Waals surface area (Å²) in [5.41, 5.74) is 3.66. The van der Waals surface area contributed by atoms with Gasteiger partial charge >= 0.3 is 0 Å². The summed E-state index contributed by atoms with van der Waals surface area (Å²) in [5.74, 6) is -0.881. The van der Waals surface area contributed by atoms with Crippen molar-refractivity contribution in [2.75, 3.05) is 42.9 Å². The van der Waals surface area contributed by atoms with E-state index in [2.05, 4.69) is 22.0 Å². The van der Waals surface area contributed by atoms with Crippen molar-refractivity contribution in [2.45, 2.75) is 39.7 Å². The zero-order valence-corrected chi connectivity index (χ0v) is 20.0. The molecule has 1 N–H and O–H groups in total. The van der Waals surface area contributed by atoms with Crippen molar-refractivity contribution in [3.63, 3.8) is 0 Å². The lowest BCUT2D eigenvalue weighted by Crippen LogP contribution is -2.46. The topological polar surface area (TPSA) is 57.6 Å². The van der Waals surface area contributed by atoms with E-state index in [-0.39, 0.29) is 17.0 Å². The lowest BCUT2D eigenvalue weighted by Gasteiger charge is -2.35. The summed E-state index contributed by atoms with van der Waals surface area (Å²) < 4.78 is 17.3. The second-order valence-corrected chi connectivity index (χ2v) is 9.51. The molecule has 0 bridgehead atoms. The Morgan fingerprint density at radius 1 is 1.06 bits per heavy atom. The van der Waals surface area contributed by atoms with Crippen molar-refractivity contribution in [1.29, 1.82) is 0 Å². The molecule has 1 aromatic heterocycles. The predicted octanol–water partition coefficient (Wildman–Crippen LogP) is 4.49. The van der Waals surface area contributed by atoms with Gasteiger partial charge in [-0.05, 0) is 68.6 Å². The lowest BCUT2D eigenvalue weighted by atomic mass is 10.1. The fraction of sp³-hybridized carbons (Fsp3) is 0.407. The number of halogens is 1. The molecule has 0 radical (unpaired) electrons. The SMILES string of the molecule is CCN1CCN(c2cc3c(cc2F)c(=O)c(C(=O)Nc2ccc(C)c(C)c2)cn3C2CC2)CC1. The van der Waals surface area contributed by atoms with Crippen LogP contribution in [-0.4, -0.2) is 48.1 Å². The van der Waals surface area contributed by atoms with Crippen LogP contribution in [0.5, 0.6) is 0 Å². The number of carbonyl (C=O) groups is 1. The van der Waals surface area contributed by atoms with E-state index in [1.165, 1.54) is 6.07 Å². The van der Waals surface area contributed by atoms with Crippen molar-refractivity contribution in [3.8, 4) is 0 Å². The maximum Gasteiger partial charge on any atom is 0.261 e. The zero-order chi connectivity index (χ0) is 24.0. The van der Waals surface area contributed by atoms with E-state index < -0.39 is 17.2 Å². The molecule has 6 nitrogen and oxygen atoms in total. The third-order valence-corrected chi connectivity index (χ3v) is 7.21. The number of piperazine rings is 1. The van der Waals surface area contributed by atoms with Crippen molar-refractivity contribution < 1.29 is 9.18 Å². The molecule has 1 aliphatic heterocycles. The molecular formula is C27H31FN4O2. The number of carbonyl (C=O) groups excluding carboxylic acids is 1. The largest absolute Gasteiger partial charge is 0.367 e. The average molecular weight is 463 g/mol. The van der Waals surface area contributed by atoms with Crippen LogP contribution in [0.25, 0.3) is 10.9 Å². The number of hydrogen-bond acceptors (Lipinski definition) is 4. The number of fused-ring (bicyclic) bond motifs is 1. The van der Waals surface area contributed by atoms with Gasteiger partial charge in [-0.1, -0.05) is 13.0 Å². The third kappa shape index (κ3) is 4.20. The number of anilines is 2. The van der Waals surface area contributed by atoms with Crippen LogP contribution in [0.4, 0.5) is 15.8 Å². The Balaban J connectivity index is 1.54. The first-order chi connectivity index (χ1) is 16.4. The molecule has 0 unspecified atom stereocenters. The van der Waals surface area contributed by atoms with E-state index in [0.29, 0.717) is 16.9 Å². The van der Waals surface area contributed by atoms with Crippen LogP contribution in [-0.2, 0) is 0 Å². The molecule has 2 aromatic carbocycles. The summed E-state index contributed by atoms with van der Waals surface area (Å²) in [6.45, 7) is 10.4. The van der Waals surface area contributed by atoms with E-state index in [9.17, 15) is 9.59 Å². The summed E-state index contributed by atoms with van der Waals surface area (Å²) in [7, 11) is 0. The van der Waals surface area contributed by atoms with Gasteiger partial charge in [0.1, 0.15) is 11.4 Å². The van der Waals surface area contributed by atoms with Gasteiger partial charge in [-0.25, -0.2) is 4.39 Å². The Hall–Kier alpha value is -3.19. The first-order valence-corrected chi connectivity index (χ1v) is 12.1. The van der Waals surface area contributed by atoms with Gasteiger partial charge in [0.15, 0.2) is 0 Å². The Morgan fingerprint density at radius 2 is 1.79 bits per heavy atom. The summed E-state index contributed by atoms with van der Waals surface area (Å²) in [4.78, 5) is 30.8. The Bertz CT molecular complexity index is 1320. The maximum atomic E-state index is 15.3. The van der Waals surface area contributed by atoms with Crippen LogP contribution < -0.4 is 15.6 Å². The Kier molecular flexibility index (Phi) is 5.90. The van der Waals surface area contributed by atoms with E-state index in [4.69, 9.17) is 0 Å². The standard InChI is InChI=1S/C27H31FN4O2/c1-4-30-9-11-31(12-10-30)25-15-24-21(14-23(25)28)26(33)22(16-32(24)20-7-8-20)27(34)29-19-6-5-17(2)18(3)13-19/h5-6,13-16,20H,4,7-12H2,1-3H3,(H,29,34). The number of amides is 1. The summed E-state index contributed by atoms with van der Waals surface area (Å²) in [6.07, 6.45) is 3.63. The van der Waals surface area contributed by atoms with Crippen molar-refractivity contribution in [1.82, 2.24) is 9.47 Å². The molecule has 2 fully saturated rings. The molecule has 3 aromatic rings. The second kappa shape index (κ2) is 8.87. The van der Waals surface area contributed by atoms with Gasteiger partial charge < -0.3 is 19.7 Å². The summed E-state index contributed by atoms with van der Waals surface area (Å²) >= 11 is 0. The molecule has 1 amide bonds. The molecule has 7 heteroatoms. The highest BCUT2D eigenvalue weighted by molar-refractivity contribution is 6.06. The van der Waals surface area contributed by atoms with Gasteiger partial charge in [-0.2, -0.15) is 0 Å². The molecular weight excluding hydrogens is 431 g/mol. The van der Waals surface area contributed by atoms with Crippen molar-refractivity contribution >= 4 is 28.2 Å². The molecule has 1 saturated heterocycles. The van der Waals surface area contributed by atoms with Gasteiger partial charge in [-0.15, -0.1) is 0 Å². The number of nitrogens with one attached hydrogen (secondary N) is 1. The maximum absolute atomic E-state index is 15.3. The average Bonchev–Trinajstić information content (AvgIpc) is 3.67. The molecule has 178 valence electrons. The number of hydrogen-bond donors (Lipinski definition) is 1. The molecule has 5 rings (SSSR count). The van der Waals surface area contributed by atoms with Crippen LogP contribution >= 0.6 is 0 Å². The Morgan fingerprint density at radius 3 is 2.44 bits per heavy atom. The highest BCUT2D eigenvalue weighted by Crippen LogP contribution is 2.38. The van der Waals surface area contributed by atoms with Gasteiger partial charge in [0, 0.05) is 49.5 Å². The molecule has 0 spiro atoms. The van der Waals surface area contributed by atoms with E-state index in [1.54, 1.807) is 12.3 Å². The summed E-state index contributed by atoms with van der Waals surface area (Å²) in [5, 5.41) is 3.10. The first-order valence-electron chi connectivity index (χ1n) is 12.1. The monoisotopic (exact) mass is 462 g/mol. The van der Waals surface area contributed by atoms with Crippen molar-refractivity contribution in [2.24, 2.45) is 0 Å². The second-order valence-electron chi connectivity index (χ2n) is 9.51. The van der Waals surface area contributed by atoms with Crippen LogP contribution in [0, 0.1) is 19.7 Å². The quantitative estimate of drug-likeness (QED) is 0.607. The molecule has 2 aliphatic rings. The van der Waals surface area contributed by atoms with Crippen LogP contribution in [0.3, 0.4) is 0 Å². The Labute approximate surface area is 199 Å². The number of benzene rings is 2. The zero-order valence-electron chi connectivity index (χ0n) is 20.0.